The van der Waals surface area contributed by atoms with E-state index in [1.165, 1.54) is 47.0 Å². The van der Waals surface area contributed by atoms with Gasteiger partial charge in [0.1, 0.15) is 23.0 Å². The maximum Gasteiger partial charge on any atom is 0.412 e. The van der Waals surface area contributed by atoms with E-state index in [1.54, 1.807) is 34.1 Å². The van der Waals surface area contributed by atoms with Gasteiger partial charge >= 0.3 is 24.1 Å². The van der Waals surface area contributed by atoms with E-state index in [0.29, 0.717) is 59.2 Å². The highest BCUT2D eigenvalue weighted by Gasteiger charge is 2.46. The Kier molecular flexibility index (Phi) is 20.6. The van der Waals surface area contributed by atoms with Crippen molar-refractivity contribution < 1.29 is 87.9 Å². The fourth-order valence-corrected chi connectivity index (χ4v) is 6.81. The van der Waals surface area contributed by atoms with Crippen LogP contribution in [0.4, 0.5) is 21.2 Å². The van der Waals surface area contributed by atoms with Gasteiger partial charge in [-0.1, -0.05) is 23.2 Å². The van der Waals surface area contributed by atoms with E-state index >= 15 is 0 Å². The largest absolute Gasteiger partial charge is 0.479 e. The van der Waals surface area contributed by atoms with Crippen LogP contribution >= 0.6 is 23.2 Å². The Labute approximate surface area is 427 Å². The van der Waals surface area contributed by atoms with Gasteiger partial charge in [0.05, 0.1) is 10.0 Å². The summed E-state index contributed by atoms with van der Waals surface area (Å²) in [4.78, 5) is 125. The molecule has 30 nitrogen and oxygen atoms in total. The van der Waals surface area contributed by atoms with Crippen LogP contribution in [0.5, 0.6) is 0 Å². The number of nitrogens with zero attached hydrogens (tertiary/aromatic N) is 12. The van der Waals surface area contributed by atoms with E-state index in [9.17, 15) is 38.4 Å². The Morgan fingerprint density at radius 3 is 1.20 bits per heavy atom. The van der Waals surface area contributed by atoms with E-state index in [4.69, 9.17) is 63.3 Å². The van der Waals surface area contributed by atoms with Crippen LogP contribution in [0, 0.1) is 0 Å². The third-order valence-electron chi connectivity index (χ3n) is 10.5. The number of aliphatic hydroxyl groups is 4. The van der Waals surface area contributed by atoms with E-state index < -0.39 is 73.2 Å². The third kappa shape index (κ3) is 14.7. The molecule has 396 valence electrons. The number of carbonyl (C=O) groups is 8. The number of likely N-dealkylation sites (N-methyl/N-ethyl adjacent to an activating group) is 2. The van der Waals surface area contributed by atoms with Crippen molar-refractivity contribution in [3.05, 3.63) is 94.3 Å². The molecule has 0 radical (unpaired) electrons. The molecule has 2 fully saturated rings. The van der Waals surface area contributed by atoms with Crippen molar-refractivity contribution in [3.8, 4) is 0 Å². The van der Waals surface area contributed by atoms with Crippen molar-refractivity contribution in [2.75, 3.05) is 76.3 Å². The SMILES string of the molecule is CN1CCN(C(=O)O[C@H]2c3nccnc3C(=O)N2c2ccc(Cl)cn2)CC1.CN1CCN(C(=O)O[C@H]2c3nccnc3C(=O)N2c2ccc(Cl)cn2)CC1.O=CO[C@H](O)[C@@H](O)C(=O)O.O=CO[C@H](O)[C@@H](O)C(=O)O. The Bertz CT molecular complexity index is 2440. The average molecular weight is 1080 g/mol. The number of fused-ring (bicyclic) bond motifs is 2. The van der Waals surface area contributed by atoms with Gasteiger partial charge in [0.25, 0.3) is 24.8 Å². The topological polar surface area (TPSA) is 392 Å². The van der Waals surface area contributed by atoms with Crippen molar-refractivity contribution in [3.63, 3.8) is 0 Å². The fourth-order valence-electron chi connectivity index (χ4n) is 6.59. The lowest BCUT2D eigenvalue weighted by atomic mass is 10.3. The van der Waals surface area contributed by atoms with Gasteiger partial charge in [0.15, 0.2) is 11.4 Å². The van der Waals surface area contributed by atoms with Gasteiger partial charge in [-0.05, 0) is 38.4 Å². The van der Waals surface area contributed by atoms with Gasteiger partial charge < -0.3 is 69.2 Å². The first kappa shape index (κ1) is 57.1. The molecule has 0 saturated carbocycles. The number of piperazine rings is 2. The van der Waals surface area contributed by atoms with Crippen LogP contribution < -0.4 is 9.80 Å². The minimum Gasteiger partial charge on any atom is -0.479 e. The molecule has 8 rings (SSSR count). The highest BCUT2D eigenvalue weighted by molar-refractivity contribution is 6.30. The molecule has 6 N–H and O–H groups in total. The lowest BCUT2D eigenvalue weighted by Crippen LogP contribution is -2.48. The summed E-state index contributed by atoms with van der Waals surface area (Å²) in [6, 6.07) is 6.40. The van der Waals surface area contributed by atoms with Gasteiger partial charge in [-0.3, -0.25) is 29.1 Å². The van der Waals surface area contributed by atoms with E-state index in [1.807, 2.05) is 14.1 Å². The molecule has 8 heterocycles. The summed E-state index contributed by atoms with van der Waals surface area (Å²) in [5, 5.41) is 50.4. The van der Waals surface area contributed by atoms with Crippen molar-refractivity contribution in [2.24, 2.45) is 0 Å². The van der Waals surface area contributed by atoms with Crippen LogP contribution in [-0.4, -0.2) is 220 Å². The summed E-state index contributed by atoms with van der Waals surface area (Å²) >= 11 is 11.8. The predicted molar refractivity (Wildman–Crippen MR) is 246 cm³/mol. The Morgan fingerprint density at radius 1 is 0.568 bits per heavy atom. The summed E-state index contributed by atoms with van der Waals surface area (Å²) in [6.45, 7) is 4.97. The number of pyridine rings is 2. The first-order chi connectivity index (χ1) is 35.3. The molecule has 0 spiro atoms. The smallest absolute Gasteiger partial charge is 0.412 e. The van der Waals surface area contributed by atoms with Crippen LogP contribution in [-0.2, 0) is 38.1 Å². The van der Waals surface area contributed by atoms with Gasteiger partial charge in [-0.15, -0.1) is 0 Å². The molecule has 2 saturated heterocycles. The highest BCUT2D eigenvalue weighted by atomic mass is 35.5. The van der Waals surface area contributed by atoms with E-state index in [-0.39, 0.29) is 24.3 Å². The predicted octanol–water partition coefficient (Wildman–Crippen LogP) is -1.02. The molecular weight excluding hydrogens is 1030 g/mol. The summed E-state index contributed by atoms with van der Waals surface area (Å²) in [7, 11) is 4.00. The summed E-state index contributed by atoms with van der Waals surface area (Å²) < 4.78 is 18.8. The fraction of sp³-hybridized carbons (Fsp3) is 0.381. The van der Waals surface area contributed by atoms with Gasteiger partial charge in [-0.2, -0.15) is 0 Å². The lowest BCUT2D eigenvalue weighted by molar-refractivity contribution is -0.187. The Balaban J connectivity index is 0.000000203. The lowest BCUT2D eigenvalue weighted by Gasteiger charge is -2.33. The highest BCUT2D eigenvalue weighted by Crippen LogP contribution is 2.37. The van der Waals surface area contributed by atoms with Gasteiger partial charge in [0, 0.05) is 89.5 Å². The standard InChI is InChI=1S/2C17H17ClN6O3.2C4H6O6/c2*1-22-6-8-23(9-7-22)17(26)27-16-14-13(19-4-5-20-14)15(25)24(16)12-3-2-11(18)10-21-12;2*5-1-10-4(9)2(6)3(7)8/h2*2-5,10,16H,6-9H2,1H3;2*1-2,4,6,9H,(H,7,8)/t2*16-;2*2-,4-/m0000/s1. The number of hydrogen-bond acceptors (Lipinski definition) is 24. The average Bonchev–Trinajstić information content (AvgIpc) is 3.83. The first-order valence-electron chi connectivity index (χ1n) is 21.4. The minimum absolute atomic E-state index is 0.144. The number of rotatable bonds is 12. The number of anilines is 2. The Hall–Kier alpha value is -7.84. The second-order valence-electron chi connectivity index (χ2n) is 15.5. The van der Waals surface area contributed by atoms with Crippen molar-refractivity contribution >= 4 is 83.7 Å². The second kappa shape index (κ2) is 26.7. The Morgan fingerprint density at radius 2 is 0.905 bits per heavy atom. The van der Waals surface area contributed by atoms with Crippen molar-refractivity contribution in [1.82, 2.24) is 49.5 Å². The molecule has 4 aliphatic heterocycles. The quantitative estimate of drug-likeness (QED) is 0.0562. The monoisotopic (exact) mass is 1080 g/mol. The van der Waals surface area contributed by atoms with Gasteiger partial charge in [-0.25, -0.2) is 48.9 Å². The summed E-state index contributed by atoms with van der Waals surface area (Å²) in [5.74, 6) is -3.56. The molecule has 32 heteroatoms. The molecule has 74 heavy (non-hydrogen) atoms. The molecule has 4 amide bonds. The number of halogens is 2. The number of carboxylic acid groups (broad SMARTS) is 2. The maximum absolute atomic E-state index is 12.8. The zero-order valence-electron chi connectivity index (χ0n) is 38.8. The molecular formula is C42H46Cl2N12O18. The molecule has 6 atom stereocenters. The minimum atomic E-state index is -2.09. The van der Waals surface area contributed by atoms with E-state index in [2.05, 4.69) is 49.2 Å². The number of hydrogen-bond donors (Lipinski definition) is 6. The van der Waals surface area contributed by atoms with Crippen LogP contribution in [0.25, 0.3) is 0 Å². The van der Waals surface area contributed by atoms with Crippen LogP contribution in [0.15, 0.2) is 61.4 Å². The number of carboxylic acids is 2. The first-order valence-corrected chi connectivity index (χ1v) is 22.2. The number of aliphatic hydroxyl groups excluding tert-OH is 4. The number of aliphatic carboxylic acids is 2. The molecule has 0 bridgehead atoms. The zero-order valence-corrected chi connectivity index (χ0v) is 40.3. The maximum atomic E-state index is 12.8. The molecule has 0 unspecified atom stereocenters. The molecule has 4 aliphatic rings. The number of carbonyl (C=O) groups excluding carboxylic acids is 6. The normalized spacial score (nSPS) is 18.7. The molecule has 4 aromatic heterocycles. The van der Waals surface area contributed by atoms with Crippen LogP contribution in [0.2, 0.25) is 10.0 Å². The van der Waals surface area contributed by atoms with Crippen LogP contribution in [0.1, 0.15) is 44.8 Å². The summed E-state index contributed by atoms with van der Waals surface area (Å²) in [5.41, 5.74) is 0.874. The molecule has 4 aromatic rings. The van der Waals surface area contributed by atoms with E-state index in [0.717, 1.165) is 26.2 Å². The van der Waals surface area contributed by atoms with Crippen molar-refractivity contribution in [1.29, 1.82) is 0 Å². The number of amides is 4. The zero-order chi connectivity index (χ0) is 54.2. The molecule has 0 aromatic carbocycles. The van der Waals surface area contributed by atoms with Gasteiger partial charge in [0.2, 0.25) is 37.2 Å². The summed E-state index contributed by atoms with van der Waals surface area (Å²) in [6.07, 6.45) is -2.63. The third-order valence-corrected chi connectivity index (χ3v) is 11.0. The molecule has 0 aliphatic carbocycles. The second-order valence-corrected chi connectivity index (χ2v) is 16.3. The van der Waals surface area contributed by atoms with Crippen molar-refractivity contribution in [2.45, 2.75) is 37.2 Å². The van der Waals surface area contributed by atoms with Crippen LogP contribution in [0.3, 0.4) is 0 Å². The number of aromatic nitrogens is 6. The number of ether oxygens (including phenoxy) is 4.